The number of hydrogen-bond donors (Lipinski definition) is 2. The minimum Gasteiger partial charge on any atom is -0.329 e. The van der Waals surface area contributed by atoms with Gasteiger partial charge in [-0.3, -0.25) is 0 Å². The van der Waals surface area contributed by atoms with Gasteiger partial charge in [0.1, 0.15) is 4.21 Å². The summed E-state index contributed by atoms with van der Waals surface area (Å²) >= 11 is 6.77. The van der Waals surface area contributed by atoms with Crippen molar-refractivity contribution in [3.05, 3.63) is 16.5 Å². The summed E-state index contributed by atoms with van der Waals surface area (Å²) in [5.74, 6) is 0.0951. The summed E-state index contributed by atoms with van der Waals surface area (Å²) in [6.45, 7) is 5.89. The Kier molecular flexibility index (Phi) is 4.60. The molecule has 1 aromatic rings. The molecular weight excluding hydrogens is 280 g/mol. The number of nitrogens with one attached hydrogen (secondary N) is 1. The summed E-state index contributed by atoms with van der Waals surface area (Å²) < 4.78 is 27.5. The van der Waals surface area contributed by atoms with Gasteiger partial charge in [-0.25, -0.2) is 13.1 Å². The van der Waals surface area contributed by atoms with Crippen molar-refractivity contribution in [3.8, 4) is 0 Å². The SMILES string of the molecule is CC(C)C(C)(CN)NS(=O)(=O)c1ccc(Cl)s1. The first-order valence-corrected chi connectivity index (χ1v) is 7.88. The third-order valence-electron chi connectivity index (χ3n) is 2.88. The quantitative estimate of drug-likeness (QED) is 0.873. The molecule has 0 bridgehead atoms. The molecule has 1 atom stereocenters. The highest BCUT2D eigenvalue weighted by Gasteiger charge is 2.33. The summed E-state index contributed by atoms with van der Waals surface area (Å²) in [5.41, 5.74) is 4.99. The van der Waals surface area contributed by atoms with Crippen LogP contribution in [-0.4, -0.2) is 20.5 Å². The highest BCUT2D eigenvalue weighted by molar-refractivity contribution is 7.91. The van der Waals surface area contributed by atoms with Gasteiger partial charge in [-0.2, -0.15) is 0 Å². The molecule has 0 aromatic carbocycles. The fourth-order valence-corrected chi connectivity index (χ4v) is 4.22. The number of sulfonamides is 1. The molecule has 0 aliphatic rings. The number of halogens is 1. The van der Waals surface area contributed by atoms with E-state index >= 15 is 0 Å². The van der Waals surface area contributed by atoms with Crippen molar-refractivity contribution in [2.24, 2.45) is 11.7 Å². The zero-order valence-electron chi connectivity index (χ0n) is 10.0. The standard InChI is InChI=1S/C10H17ClN2O2S2/c1-7(2)10(3,6-12)13-17(14,15)9-5-4-8(11)16-9/h4-5,7,13H,6,12H2,1-3H3. The molecule has 4 nitrogen and oxygen atoms in total. The first-order valence-electron chi connectivity index (χ1n) is 5.20. The largest absolute Gasteiger partial charge is 0.329 e. The highest BCUT2D eigenvalue weighted by atomic mass is 35.5. The molecule has 0 radical (unpaired) electrons. The molecule has 98 valence electrons. The van der Waals surface area contributed by atoms with Crippen LogP contribution in [0.3, 0.4) is 0 Å². The normalized spacial score (nSPS) is 16.1. The summed E-state index contributed by atoms with van der Waals surface area (Å²) in [5, 5.41) is 0. The Labute approximate surface area is 111 Å². The summed E-state index contributed by atoms with van der Waals surface area (Å²) in [4.78, 5) is 0. The molecule has 0 fully saturated rings. The van der Waals surface area contributed by atoms with Crippen LogP contribution >= 0.6 is 22.9 Å². The molecule has 0 amide bonds. The van der Waals surface area contributed by atoms with Crippen molar-refractivity contribution in [3.63, 3.8) is 0 Å². The first kappa shape index (κ1) is 14.9. The fraction of sp³-hybridized carbons (Fsp3) is 0.600. The summed E-state index contributed by atoms with van der Waals surface area (Å²) in [6.07, 6.45) is 0. The van der Waals surface area contributed by atoms with Crippen molar-refractivity contribution >= 4 is 33.0 Å². The van der Waals surface area contributed by atoms with Crippen LogP contribution in [0.25, 0.3) is 0 Å². The zero-order valence-corrected chi connectivity index (χ0v) is 12.4. The van der Waals surface area contributed by atoms with Crippen LogP contribution in [0.5, 0.6) is 0 Å². The number of thiophene rings is 1. The van der Waals surface area contributed by atoms with Gasteiger partial charge in [0.2, 0.25) is 0 Å². The lowest BCUT2D eigenvalue weighted by Crippen LogP contribution is -2.54. The van der Waals surface area contributed by atoms with E-state index in [1.165, 1.54) is 6.07 Å². The van der Waals surface area contributed by atoms with E-state index in [0.717, 1.165) is 11.3 Å². The average molecular weight is 297 g/mol. The first-order chi connectivity index (χ1) is 7.71. The van der Waals surface area contributed by atoms with E-state index in [2.05, 4.69) is 4.72 Å². The Morgan fingerprint density at radius 3 is 2.47 bits per heavy atom. The van der Waals surface area contributed by atoms with Gasteiger partial charge >= 0.3 is 0 Å². The molecule has 0 spiro atoms. The molecule has 0 aliphatic heterocycles. The Morgan fingerprint density at radius 2 is 2.12 bits per heavy atom. The number of hydrogen-bond acceptors (Lipinski definition) is 4. The topological polar surface area (TPSA) is 72.2 Å². The maximum atomic E-state index is 12.1. The molecule has 7 heteroatoms. The maximum absolute atomic E-state index is 12.1. The van der Waals surface area contributed by atoms with Gasteiger partial charge in [0.25, 0.3) is 10.0 Å². The molecule has 0 saturated heterocycles. The van der Waals surface area contributed by atoms with E-state index in [1.54, 1.807) is 13.0 Å². The van der Waals surface area contributed by atoms with Crippen LogP contribution in [0, 0.1) is 5.92 Å². The summed E-state index contributed by atoms with van der Waals surface area (Å²) in [6, 6.07) is 3.06. The molecule has 3 N–H and O–H groups in total. The number of nitrogens with two attached hydrogens (primary N) is 1. The minimum absolute atomic E-state index is 0.0951. The lowest BCUT2D eigenvalue weighted by atomic mass is 9.90. The van der Waals surface area contributed by atoms with Gasteiger partial charge in [0.15, 0.2) is 0 Å². The lowest BCUT2D eigenvalue weighted by Gasteiger charge is -2.32. The van der Waals surface area contributed by atoms with E-state index in [-0.39, 0.29) is 16.7 Å². The van der Waals surface area contributed by atoms with Crippen molar-refractivity contribution in [2.45, 2.75) is 30.5 Å². The predicted octanol–water partition coefficient (Wildman–Crippen LogP) is 2.05. The second kappa shape index (κ2) is 5.24. The Balaban J connectivity index is 3.01. The Hall–Kier alpha value is -0.140. The zero-order chi connectivity index (χ0) is 13.3. The minimum atomic E-state index is -3.55. The van der Waals surface area contributed by atoms with E-state index in [4.69, 9.17) is 17.3 Å². The van der Waals surface area contributed by atoms with Gasteiger partial charge in [0.05, 0.1) is 4.34 Å². The molecule has 1 heterocycles. The van der Waals surface area contributed by atoms with Crippen LogP contribution in [0.2, 0.25) is 4.34 Å². The van der Waals surface area contributed by atoms with Gasteiger partial charge in [-0.1, -0.05) is 25.4 Å². The molecule has 0 saturated carbocycles. The average Bonchev–Trinajstić information content (AvgIpc) is 2.64. The molecule has 1 rings (SSSR count). The van der Waals surface area contributed by atoms with E-state index in [9.17, 15) is 8.42 Å². The van der Waals surface area contributed by atoms with Gasteiger partial charge in [-0.15, -0.1) is 11.3 Å². The van der Waals surface area contributed by atoms with Crippen LogP contribution in [0.4, 0.5) is 0 Å². The summed E-state index contributed by atoms with van der Waals surface area (Å²) in [7, 11) is -3.55. The Morgan fingerprint density at radius 1 is 1.53 bits per heavy atom. The lowest BCUT2D eigenvalue weighted by molar-refractivity contribution is 0.315. The predicted molar refractivity (Wildman–Crippen MR) is 71.9 cm³/mol. The highest BCUT2D eigenvalue weighted by Crippen LogP contribution is 2.27. The van der Waals surface area contributed by atoms with Crippen LogP contribution in [0.15, 0.2) is 16.3 Å². The van der Waals surface area contributed by atoms with E-state index < -0.39 is 15.6 Å². The van der Waals surface area contributed by atoms with E-state index in [1.807, 2.05) is 13.8 Å². The molecule has 17 heavy (non-hydrogen) atoms. The molecule has 1 aromatic heterocycles. The van der Waals surface area contributed by atoms with Crippen molar-refractivity contribution in [1.29, 1.82) is 0 Å². The number of rotatable bonds is 5. The second-order valence-corrected chi connectivity index (χ2v) is 8.06. The Bertz CT molecular complexity index is 484. The molecule has 1 unspecified atom stereocenters. The van der Waals surface area contributed by atoms with Crippen LogP contribution < -0.4 is 10.5 Å². The van der Waals surface area contributed by atoms with Crippen molar-refractivity contribution in [2.75, 3.05) is 6.54 Å². The molecular formula is C10H17ClN2O2S2. The van der Waals surface area contributed by atoms with Gasteiger partial charge in [-0.05, 0) is 25.0 Å². The van der Waals surface area contributed by atoms with Crippen molar-refractivity contribution in [1.82, 2.24) is 4.72 Å². The fourth-order valence-electron chi connectivity index (χ4n) is 1.19. The third-order valence-corrected chi connectivity index (χ3v) is 6.21. The van der Waals surface area contributed by atoms with Gasteiger partial charge < -0.3 is 5.73 Å². The van der Waals surface area contributed by atoms with Crippen molar-refractivity contribution < 1.29 is 8.42 Å². The second-order valence-electron chi connectivity index (χ2n) is 4.44. The maximum Gasteiger partial charge on any atom is 0.250 e. The van der Waals surface area contributed by atoms with Crippen LogP contribution in [0.1, 0.15) is 20.8 Å². The van der Waals surface area contributed by atoms with E-state index in [0.29, 0.717) is 4.34 Å². The third kappa shape index (κ3) is 3.42. The van der Waals surface area contributed by atoms with Crippen LogP contribution in [-0.2, 0) is 10.0 Å². The smallest absolute Gasteiger partial charge is 0.250 e. The monoisotopic (exact) mass is 296 g/mol. The van der Waals surface area contributed by atoms with Gasteiger partial charge in [0, 0.05) is 12.1 Å². The molecule has 0 aliphatic carbocycles.